The van der Waals surface area contributed by atoms with Gasteiger partial charge in [-0.2, -0.15) is 0 Å². The van der Waals surface area contributed by atoms with Gasteiger partial charge in [-0.15, -0.1) is 0 Å². The van der Waals surface area contributed by atoms with Crippen LogP contribution in [0.5, 0.6) is 17.2 Å². The molecule has 0 aromatic heterocycles. The first kappa shape index (κ1) is 30.4. The van der Waals surface area contributed by atoms with Crippen LogP contribution in [-0.4, -0.2) is 86.3 Å². The smallest absolute Gasteiger partial charge is 0.295 e. The Morgan fingerprint density at radius 2 is 1.76 bits per heavy atom. The quantitative estimate of drug-likeness (QED) is 0.162. The Hall–Kier alpha value is -3.56. The number of Topliss-reactive ketones (excluding diaryl/α,β-unsaturated/α-hetero) is 1. The Morgan fingerprint density at radius 1 is 1.02 bits per heavy atom. The van der Waals surface area contributed by atoms with Crippen LogP contribution in [0.25, 0.3) is 5.76 Å². The first-order valence-corrected chi connectivity index (χ1v) is 14.5. The van der Waals surface area contributed by atoms with Crippen molar-refractivity contribution in [3.05, 3.63) is 59.2 Å². The number of hydrogen-bond donors (Lipinski definition) is 1. The van der Waals surface area contributed by atoms with Crippen LogP contribution in [0.4, 0.5) is 0 Å². The van der Waals surface area contributed by atoms with Crippen molar-refractivity contribution in [2.75, 3.05) is 59.7 Å². The molecule has 1 atom stereocenters. The van der Waals surface area contributed by atoms with Crippen molar-refractivity contribution in [1.29, 1.82) is 0 Å². The number of carbonyl (C=O) groups excluding carboxylic acids is 2. The van der Waals surface area contributed by atoms with Crippen molar-refractivity contribution in [3.63, 3.8) is 0 Å². The minimum Gasteiger partial charge on any atom is -0.507 e. The highest BCUT2D eigenvalue weighted by molar-refractivity contribution is 6.46. The highest BCUT2D eigenvalue weighted by atomic mass is 16.5. The molecule has 1 unspecified atom stereocenters. The van der Waals surface area contributed by atoms with Gasteiger partial charge in [0.15, 0.2) is 11.5 Å². The number of benzene rings is 2. The standard InChI is InChI=1S/C32H42N2O7/c1-5-6-17-40-26-12-9-24(20-27(26)38-4)29-28(30(35)23-7-10-25(11-8-23)41-21-22(2)3)31(36)32(37)34(29)14-13-33-15-18-39-19-16-33/h7-12,20,22,29,35H,5-6,13-19,21H2,1-4H3. The fraction of sp³-hybridized carbons (Fsp3) is 0.500. The van der Waals surface area contributed by atoms with Crippen molar-refractivity contribution in [1.82, 2.24) is 9.80 Å². The molecule has 0 spiro atoms. The largest absolute Gasteiger partial charge is 0.507 e. The maximum Gasteiger partial charge on any atom is 0.295 e. The van der Waals surface area contributed by atoms with Crippen LogP contribution in [0.15, 0.2) is 48.0 Å². The van der Waals surface area contributed by atoms with E-state index in [-0.39, 0.29) is 11.3 Å². The van der Waals surface area contributed by atoms with Gasteiger partial charge in [0.05, 0.1) is 45.2 Å². The normalized spacial score (nSPS) is 19.1. The highest BCUT2D eigenvalue weighted by Crippen LogP contribution is 2.42. The van der Waals surface area contributed by atoms with E-state index in [0.717, 1.165) is 25.9 Å². The first-order valence-electron chi connectivity index (χ1n) is 14.5. The number of aliphatic hydroxyl groups excluding tert-OH is 1. The van der Waals surface area contributed by atoms with Crippen molar-refractivity contribution in [2.45, 2.75) is 39.7 Å². The predicted molar refractivity (Wildman–Crippen MR) is 156 cm³/mol. The molecule has 222 valence electrons. The SMILES string of the molecule is CCCCOc1ccc(C2C(=C(O)c3ccc(OCC(C)C)cc3)C(=O)C(=O)N2CCN2CCOCC2)cc1OC. The molecule has 1 amide bonds. The summed E-state index contributed by atoms with van der Waals surface area (Å²) in [4.78, 5) is 30.7. The molecule has 9 nitrogen and oxygen atoms in total. The van der Waals surface area contributed by atoms with Crippen molar-refractivity contribution in [2.24, 2.45) is 5.92 Å². The first-order chi connectivity index (χ1) is 19.8. The van der Waals surface area contributed by atoms with E-state index in [4.69, 9.17) is 18.9 Å². The minimum absolute atomic E-state index is 0.0505. The lowest BCUT2D eigenvalue weighted by Crippen LogP contribution is -2.42. The fourth-order valence-electron chi connectivity index (χ4n) is 4.96. The summed E-state index contributed by atoms with van der Waals surface area (Å²) < 4.78 is 22.8. The molecule has 2 aliphatic rings. The number of ether oxygens (including phenoxy) is 4. The van der Waals surface area contributed by atoms with Crippen LogP contribution in [0.2, 0.25) is 0 Å². The van der Waals surface area contributed by atoms with E-state index in [1.807, 2.05) is 6.07 Å². The maximum atomic E-state index is 13.5. The van der Waals surface area contributed by atoms with Gasteiger partial charge < -0.3 is 29.0 Å². The van der Waals surface area contributed by atoms with E-state index in [9.17, 15) is 14.7 Å². The molecule has 2 aromatic carbocycles. The van der Waals surface area contributed by atoms with Crippen LogP contribution in [0.1, 0.15) is 50.8 Å². The number of aliphatic hydroxyl groups is 1. The molecule has 41 heavy (non-hydrogen) atoms. The van der Waals surface area contributed by atoms with Crippen LogP contribution in [0, 0.1) is 5.92 Å². The van der Waals surface area contributed by atoms with Crippen LogP contribution in [-0.2, 0) is 14.3 Å². The fourth-order valence-corrected chi connectivity index (χ4v) is 4.96. The zero-order chi connectivity index (χ0) is 29.4. The van der Waals surface area contributed by atoms with E-state index >= 15 is 0 Å². The second-order valence-electron chi connectivity index (χ2n) is 10.8. The lowest BCUT2D eigenvalue weighted by molar-refractivity contribution is -0.140. The Bertz CT molecular complexity index is 1220. The summed E-state index contributed by atoms with van der Waals surface area (Å²) in [6.07, 6.45) is 1.91. The molecule has 0 aliphatic carbocycles. The summed E-state index contributed by atoms with van der Waals surface area (Å²) in [6.45, 7) is 11.1. The summed E-state index contributed by atoms with van der Waals surface area (Å²) in [7, 11) is 1.56. The molecule has 9 heteroatoms. The summed E-state index contributed by atoms with van der Waals surface area (Å²) in [6, 6.07) is 11.6. The number of amides is 1. The number of unbranched alkanes of at least 4 members (excludes halogenated alkanes) is 1. The van der Waals surface area contributed by atoms with Gasteiger partial charge in [0.25, 0.3) is 11.7 Å². The van der Waals surface area contributed by atoms with Gasteiger partial charge in [0.2, 0.25) is 0 Å². The van der Waals surface area contributed by atoms with Gasteiger partial charge in [-0.25, -0.2) is 0 Å². The Balaban J connectivity index is 1.70. The van der Waals surface area contributed by atoms with Crippen molar-refractivity contribution >= 4 is 17.4 Å². The van der Waals surface area contributed by atoms with Crippen LogP contribution in [0.3, 0.4) is 0 Å². The number of methoxy groups -OCH3 is 1. The third-order valence-corrected chi connectivity index (χ3v) is 7.27. The minimum atomic E-state index is -0.786. The van der Waals surface area contributed by atoms with Crippen LogP contribution < -0.4 is 14.2 Å². The lowest BCUT2D eigenvalue weighted by atomic mass is 9.95. The molecule has 2 saturated heterocycles. The van der Waals surface area contributed by atoms with Crippen LogP contribution >= 0.6 is 0 Å². The van der Waals surface area contributed by atoms with Gasteiger partial charge in [-0.05, 0) is 54.3 Å². The van der Waals surface area contributed by atoms with Gasteiger partial charge in [-0.1, -0.05) is 33.3 Å². The second-order valence-corrected chi connectivity index (χ2v) is 10.8. The molecule has 2 heterocycles. The molecular formula is C32H42N2O7. The number of rotatable bonds is 13. The molecule has 2 aromatic rings. The number of likely N-dealkylation sites (tertiary alicyclic amines) is 1. The van der Waals surface area contributed by atoms with E-state index in [2.05, 4.69) is 25.7 Å². The summed E-state index contributed by atoms with van der Waals surface area (Å²) in [5.74, 6) is 0.565. The molecule has 1 N–H and O–H groups in total. The third kappa shape index (κ3) is 7.40. The third-order valence-electron chi connectivity index (χ3n) is 7.27. The van der Waals surface area contributed by atoms with Crippen molar-refractivity contribution < 1.29 is 33.6 Å². The highest BCUT2D eigenvalue weighted by Gasteiger charge is 2.46. The topological polar surface area (TPSA) is 97.8 Å². The molecule has 0 saturated carbocycles. The predicted octanol–water partition coefficient (Wildman–Crippen LogP) is 4.66. The average molecular weight is 567 g/mol. The monoisotopic (exact) mass is 566 g/mol. The van der Waals surface area contributed by atoms with E-state index in [1.165, 1.54) is 0 Å². The lowest BCUT2D eigenvalue weighted by Gasteiger charge is -2.31. The summed E-state index contributed by atoms with van der Waals surface area (Å²) >= 11 is 0. The molecule has 0 radical (unpaired) electrons. The summed E-state index contributed by atoms with van der Waals surface area (Å²) in [5, 5.41) is 11.5. The maximum absolute atomic E-state index is 13.5. The molecule has 0 bridgehead atoms. The zero-order valence-corrected chi connectivity index (χ0v) is 24.6. The van der Waals surface area contributed by atoms with E-state index < -0.39 is 17.7 Å². The Labute approximate surface area is 242 Å². The van der Waals surface area contributed by atoms with Gasteiger partial charge in [0.1, 0.15) is 11.5 Å². The Kier molecular flexibility index (Phi) is 10.7. The Morgan fingerprint density at radius 3 is 2.41 bits per heavy atom. The van der Waals surface area contributed by atoms with E-state index in [1.54, 1.807) is 48.4 Å². The molecule has 4 rings (SSSR count). The molecular weight excluding hydrogens is 524 g/mol. The number of hydrogen-bond acceptors (Lipinski definition) is 8. The van der Waals surface area contributed by atoms with Gasteiger partial charge in [0, 0.05) is 31.7 Å². The molecule has 2 fully saturated rings. The van der Waals surface area contributed by atoms with E-state index in [0.29, 0.717) is 73.8 Å². The summed E-state index contributed by atoms with van der Waals surface area (Å²) in [5.41, 5.74) is 1.14. The number of carbonyl (C=O) groups is 2. The van der Waals surface area contributed by atoms with Crippen molar-refractivity contribution in [3.8, 4) is 17.2 Å². The van der Waals surface area contributed by atoms with Gasteiger partial charge >= 0.3 is 0 Å². The average Bonchev–Trinajstić information content (AvgIpc) is 3.24. The zero-order valence-electron chi connectivity index (χ0n) is 24.6. The number of ketones is 1. The molecule has 2 aliphatic heterocycles. The number of nitrogens with zero attached hydrogens (tertiary/aromatic N) is 2. The second kappa shape index (κ2) is 14.4. The number of morpholine rings is 1. The van der Waals surface area contributed by atoms with Gasteiger partial charge in [-0.3, -0.25) is 14.5 Å².